The van der Waals surface area contributed by atoms with E-state index in [2.05, 4.69) is 31.0 Å². The Hall–Kier alpha value is -1.95. The van der Waals surface area contributed by atoms with E-state index in [4.69, 9.17) is 4.74 Å². The molecule has 19 heavy (non-hydrogen) atoms. The van der Waals surface area contributed by atoms with E-state index < -0.39 is 0 Å². The monoisotopic (exact) mass is 257 g/mol. The lowest BCUT2D eigenvalue weighted by Crippen LogP contribution is -2.30. The van der Waals surface area contributed by atoms with Crippen molar-refractivity contribution in [2.45, 2.75) is 38.6 Å². The summed E-state index contributed by atoms with van der Waals surface area (Å²) in [7, 11) is 0. The molecule has 1 heterocycles. The van der Waals surface area contributed by atoms with E-state index in [9.17, 15) is 4.79 Å². The Balaban J connectivity index is 1.98. The summed E-state index contributed by atoms with van der Waals surface area (Å²) in [5, 5.41) is 0. The second-order valence-corrected chi connectivity index (χ2v) is 4.68. The summed E-state index contributed by atoms with van der Waals surface area (Å²) < 4.78 is 5.09. The summed E-state index contributed by atoms with van der Waals surface area (Å²) in [4.78, 5) is 13.2. The van der Waals surface area contributed by atoms with E-state index in [0.29, 0.717) is 6.61 Å². The van der Waals surface area contributed by atoms with Crippen molar-refractivity contribution in [1.82, 2.24) is 4.90 Å². The number of carbonyl (C=O) groups is 1. The molecule has 0 N–H and O–H groups in total. The van der Waals surface area contributed by atoms with Crippen LogP contribution in [0.1, 0.15) is 31.7 Å². The zero-order valence-electron chi connectivity index (χ0n) is 11.3. The summed E-state index contributed by atoms with van der Waals surface area (Å²) in [6.07, 6.45) is 3.49. The fraction of sp³-hybridized carbons (Fsp3) is 0.438. The van der Waals surface area contributed by atoms with Gasteiger partial charge in [0.2, 0.25) is 0 Å². The van der Waals surface area contributed by atoms with Crippen molar-refractivity contribution in [2.75, 3.05) is 6.61 Å². The Morgan fingerprint density at radius 2 is 2.16 bits per heavy atom. The Labute approximate surface area is 114 Å². The second kappa shape index (κ2) is 6.84. The first-order valence-corrected chi connectivity index (χ1v) is 6.79. The molecule has 1 saturated heterocycles. The smallest absolute Gasteiger partial charge is 0.422 e. The molecule has 1 aliphatic rings. The molecule has 0 bridgehead atoms. The highest BCUT2D eigenvalue weighted by Crippen LogP contribution is 2.16. The molecule has 1 aliphatic heterocycles. The molecular weight excluding hydrogens is 238 g/mol. The van der Waals surface area contributed by atoms with Crippen LogP contribution in [-0.4, -0.2) is 23.6 Å². The number of unbranched alkanes of at least 4 members (excludes halogenated alkanes) is 2. The van der Waals surface area contributed by atoms with Gasteiger partial charge >= 0.3 is 6.09 Å². The minimum Gasteiger partial charge on any atom is -0.446 e. The summed E-state index contributed by atoms with van der Waals surface area (Å²) in [6.45, 7) is 2.56. The first-order chi connectivity index (χ1) is 9.31. The van der Waals surface area contributed by atoms with Crippen LogP contribution in [0.25, 0.3) is 0 Å². The molecule has 3 nitrogen and oxygen atoms in total. The lowest BCUT2D eigenvalue weighted by atomic mass is 10.1. The van der Waals surface area contributed by atoms with Crippen molar-refractivity contribution >= 4 is 6.09 Å². The number of rotatable bonds is 4. The summed E-state index contributed by atoms with van der Waals surface area (Å²) in [6, 6.07) is 13.1. The van der Waals surface area contributed by atoms with E-state index in [1.807, 2.05) is 18.2 Å². The molecule has 0 saturated carbocycles. The van der Waals surface area contributed by atoms with E-state index in [-0.39, 0.29) is 12.1 Å². The van der Waals surface area contributed by atoms with Gasteiger partial charge in [0.15, 0.2) is 0 Å². The largest absolute Gasteiger partial charge is 0.446 e. The van der Waals surface area contributed by atoms with Gasteiger partial charge in [-0.1, -0.05) is 49.6 Å². The van der Waals surface area contributed by atoms with Gasteiger partial charge in [-0.3, -0.25) is 0 Å². The first-order valence-electron chi connectivity index (χ1n) is 6.79. The SMILES string of the molecule is CCCCC#CN1C(=O)OC[C@@H]1Cc1ccccc1. The Morgan fingerprint density at radius 3 is 2.89 bits per heavy atom. The zero-order valence-corrected chi connectivity index (χ0v) is 11.3. The van der Waals surface area contributed by atoms with E-state index in [0.717, 1.165) is 25.7 Å². The molecule has 100 valence electrons. The van der Waals surface area contributed by atoms with Gasteiger partial charge in [-0.2, -0.15) is 0 Å². The highest BCUT2D eigenvalue weighted by molar-refractivity contribution is 5.72. The molecule has 1 aromatic rings. The number of ether oxygens (including phenoxy) is 1. The van der Waals surface area contributed by atoms with Crippen molar-refractivity contribution in [3.63, 3.8) is 0 Å². The van der Waals surface area contributed by atoms with Crippen LogP contribution in [0, 0.1) is 12.0 Å². The molecule has 0 aromatic heterocycles. The molecule has 3 heteroatoms. The fourth-order valence-electron chi connectivity index (χ4n) is 2.04. The van der Waals surface area contributed by atoms with Crippen LogP contribution in [0.15, 0.2) is 30.3 Å². The van der Waals surface area contributed by atoms with Crippen LogP contribution in [0.5, 0.6) is 0 Å². The average Bonchev–Trinajstić information content (AvgIpc) is 2.77. The van der Waals surface area contributed by atoms with E-state index in [1.54, 1.807) is 4.90 Å². The summed E-state index contributed by atoms with van der Waals surface area (Å²) >= 11 is 0. The minimum atomic E-state index is -0.315. The number of amides is 1. The van der Waals surface area contributed by atoms with Crippen LogP contribution in [0.2, 0.25) is 0 Å². The maximum Gasteiger partial charge on any atom is 0.422 e. The predicted molar refractivity (Wildman–Crippen MR) is 74.4 cm³/mol. The third kappa shape index (κ3) is 3.75. The standard InChI is InChI=1S/C16H19NO2/c1-2-3-4-8-11-17-15(13-19-16(17)18)12-14-9-6-5-7-10-14/h5-7,9-10,15H,2-4,12-13H2,1H3/t15-/m0/s1. The number of nitrogens with zero attached hydrogens (tertiary/aromatic N) is 1. The maximum absolute atomic E-state index is 11.6. The average molecular weight is 257 g/mol. The third-order valence-corrected chi connectivity index (χ3v) is 3.13. The van der Waals surface area contributed by atoms with Crippen LogP contribution in [0.3, 0.4) is 0 Å². The fourth-order valence-corrected chi connectivity index (χ4v) is 2.04. The minimum absolute atomic E-state index is 0.0315. The summed E-state index contributed by atoms with van der Waals surface area (Å²) in [5.74, 6) is 3.05. The lowest BCUT2D eigenvalue weighted by Gasteiger charge is -2.14. The van der Waals surface area contributed by atoms with Crippen molar-refractivity contribution in [3.05, 3.63) is 35.9 Å². The normalized spacial score (nSPS) is 17.8. The van der Waals surface area contributed by atoms with E-state index in [1.165, 1.54) is 5.56 Å². The first kappa shape index (κ1) is 13.5. The molecule has 1 fully saturated rings. The van der Waals surface area contributed by atoms with Gasteiger partial charge in [-0.15, -0.1) is 0 Å². The van der Waals surface area contributed by atoms with Gasteiger partial charge in [-0.25, -0.2) is 9.69 Å². The molecule has 1 amide bonds. The zero-order chi connectivity index (χ0) is 13.5. The molecule has 0 radical (unpaired) electrons. The highest BCUT2D eigenvalue weighted by atomic mass is 16.6. The Kier molecular flexibility index (Phi) is 4.85. The van der Waals surface area contributed by atoms with Gasteiger partial charge in [-0.05, 0) is 18.4 Å². The van der Waals surface area contributed by atoms with Gasteiger partial charge in [0.25, 0.3) is 0 Å². The highest BCUT2D eigenvalue weighted by Gasteiger charge is 2.31. The molecule has 0 aliphatic carbocycles. The quantitative estimate of drug-likeness (QED) is 0.612. The molecule has 1 aromatic carbocycles. The second-order valence-electron chi connectivity index (χ2n) is 4.68. The van der Waals surface area contributed by atoms with Gasteiger partial charge in [0, 0.05) is 12.5 Å². The molecule has 0 spiro atoms. The lowest BCUT2D eigenvalue weighted by molar-refractivity contribution is 0.167. The van der Waals surface area contributed by atoms with Crippen LogP contribution in [-0.2, 0) is 11.2 Å². The number of hydrogen-bond donors (Lipinski definition) is 0. The maximum atomic E-state index is 11.6. The molecule has 1 atom stereocenters. The van der Waals surface area contributed by atoms with Gasteiger partial charge < -0.3 is 4.74 Å². The molecule has 2 rings (SSSR count). The molecular formula is C16H19NO2. The van der Waals surface area contributed by atoms with Crippen molar-refractivity contribution in [2.24, 2.45) is 0 Å². The number of hydrogen-bond acceptors (Lipinski definition) is 2. The topological polar surface area (TPSA) is 29.5 Å². The Morgan fingerprint density at radius 1 is 1.37 bits per heavy atom. The van der Waals surface area contributed by atoms with Gasteiger partial charge in [0.05, 0.1) is 6.04 Å². The van der Waals surface area contributed by atoms with Crippen molar-refractivity contribution in [3.8, 4) is 12.0 Å². The van der Waals surface area contributed by atoms with Crippen LogP contribution in [0.4, 0.5) is 4.79 Å². The van der Waals surface area contributed by atoms with Crippen molar-refractivity contribution in [1.29, 1.82) is 0 Å². The number of benzene rings is 1. The molecule has 0 unspecified atom stereocenters. The number of cyclic esters (lactones) is 1. The van der Waals surface area contributed by atoms with Crippen LogP contribution >= 0.6 is 0 Å². The third-order valence-electron chi connectivity index (χ3n) is 3.13. The van der Waals surface area contributed by atoms with Crippen LogP contribution < -0.4 is 0 Å². The van der Waals surface area contributed by atoms with Gasteiger partial charge in [0.1, 0.15) is 6.61 Å². The van der Waals surface area contributed by atoms with Crippen molar-refractivity contribution < 1.29 is 9.53 Å². The number of carbonyl (C=O) groups excluding carboxylic acids is 1. The predicted octanol–water partition coefficient (Wildman–Crippen LogP) is 3.20. The summed E-state index contributed by atoms with van der Waals surface area (Å²) in [5.41, 5.74) is 1.20. The van der Waals surface area contributed by atoms with E-state index >= 15 is 0 Å². The Bertz CT molecular complexity index is 473.